The van der Waals surface area contributed by atoms with Crippen LogP contribution in [0.5, 0.6) is 0 Å². The maximum Gasteiger partial charge on any atom is 0.246 e. The zero-order valence-corrected chi connectivity index (χ0v) is 15.7. The van der Waals surface area contributed by atoms with Crippen molar-refractivity contribution in [3.63, 3.8) is 0 Å². The molecule has 0 unspecified atom stereocenters. The average Bonchev–Trinajstić information content (AvgIpc) is 2.90. The number of likely N-dealkylation sites (N-methyl/N-ethyl adjacent to an activating group) is 2. The number of amides is 2. The van der Waals surface area contributed by atoms with Crippen LogP contribution in [0.4, 0.5) is 0 Å². The lowest BCUT2D eigenvalue weighted by atomic mass is 10.2. The SMILES string of the molecule is CCN(CC)C(=O)CN(C)C(=O)C=Cc1sc2ccccc2c1Cl. The van der Waals surface area contributed by atoms with Crippen LogP contribution in [0, 0.1) is 0 Å². The highest BCUT2D eigenvalue weighted by Crippen LogP contribution is 2.35. The van der Waals surface area contributed by atoms with Gasteiger partial charge >= 0.3 is 0 Å². The van der Waals surface area contributed by atoms with Gasteiger partial charge in [-0.25, -0.2) is 0 Å². The summed E-state index contributed by atoms with van der Waals surface area (Å²) in [6.07, 6.45) is 3.18. The van der Waals surface area contributed by atoms with Crippen molar-refractivity contribution in [3.8, 4) is 0 Å². The lowest BCUT2D eigenvalue weighted by Crippen LogP contribution is -2.40. The summed E-state index contributed by atoms with van der Waals surface area (Å²) >= 11 is 7.90. The monoisotopic (exact) mass is 364 g/mol. The van der Waals surface area contributed by atoms with Gasteiger partial charge in [0.2, 0.25) is 11.8 Å². The van der Waals surface area contributed by atoms with Gasteiger partial charge < -0.3 is 9.80 Å². The molecule has 0 bridgehead atoms. The molecule has 0 saturated carbocycles. The lowest BCUT2D eigenvalue weighted by Gasteiger charge is -2.22. The maximum absolute atomic E-state index is 12.2. The Morgan fingerprint density at radius 2 is 1.88 bits per heavy atom. The highest BCUT2D eigenvalue weighted by atomic mass is 35.5. The van der Waals surface area contributed by atoms with Crippen LogP contribution in [0.1, 0.15) is 18.7 Å². The van der Waals surface area contributed by atoms with Gasteiger partial charge in [0, 0.05) is 41.2 Å². The number of hydrogen-bond acceptors (Lipinski definition) is 3. The van der Waals surface area contributed by atoms with Gasteiger partial charge in [0.05, 0.1) is 11.6 Å². The first kappa shape index (κ1) is 18.5. The summed E-state index contributed by atoms with van der Waals surface area (Å²) in [7, 11) is 1.63. The van der Waals surface area contributed by atoms with Gasteiger partial charge in [-0.2, -0.15) is 0 Å². The minimum atomic E-state index is -0.218. The fourth-order valence-electron chi connectivity index (χ4n) is 2.37. The van der Waals surface area contributed by atoms with E-state index < -0.39 is 0 Å². The van der Waals surface area contributed by atoms with Crippen molar-refractivity contribution in [2.75, 3.05) is 26.7 Å². The van der Waals surface area contributed by atoms with Crippen LogP contribution in [0.2, 0.25) is 5.02 Å². The van der Waals surface area contributed by atoms with E-state index in [1.54, 1.807) is 18.0 Å². The molecule has 0 aliphatic carbocycles. The molecule has 128 valence electrons. The number of halogens is 1. The molecule has 0 fully saturated rings. The quantitative estimate of drug-likeness (QED) is 0.729. The van der Waals surface area contributed by atoms with Crippen molar-refractivity contribution >= 4 is 50.9 Å². The van der Waals surface area contributed by atoms with Crippen LogP contribution in [0.25, 0.3) is 16.2 Å². The molecule has 0 saturated heterocycles. The van der Waals surface area contributed by atoms with Crippen LogP contribution < -0.4 is 0 Å². The molecule has 0 N–H and O–H groups in total. The molecule has 6 heteroatoms. The van der Waals surface area contributed by atoms with Crippen LogP contribution in [0.15, 0.2) is 30.3 Å². The second kappa shape index (κ2) is 8.31. The van der Waals surface area contributed by atoms with Crippen LogP contribution in [-0.4, -0.2) is 48.3 Å². The van der Waals surface area contributed by atoms with Crippen LogP contribution >= 0.6 is 22.9 Å². The zero-order chi connectivity index (χ0) is 17.7. The molecule has 2 aromatic rings. The van der Waals surface area contributed by atoms with E-state index in [-0.39, 0.29) is 18.4 Å². The normalized spacial score (nSPS) is 11.2. The molecule has 0 radical (unpaired) electrons. The van der Waals surface area contributed by atoms with E-state index >= 15 is 0 Å². The Kier molecular flexibility index (Phi) is 6.40. The molecule has 24 heavy (non-hydrogen) atoms. The third-order valence-corrected chi connectivity index (χ3v) is 5.46. The lowest BCUT2D eigenvalue weighted by molar-refractivity contribution is -0.136. The molecule has 1 heterocycles. The molecular weight excluding hydrogens is 344 g/mol. The first-order valence-corrected chi connectivity index (χ1v) is 9.05. The van der Waals surface area contributed by atoms with E-state index in [1.807, 2.05) is 38.1 Å². The van der Waals surface area contributed by atoms with E-state index in [0.717, 1.165) is 15.0 Å². The molecule has 4 nitrogen and oxygen atoms in total. The Morgan fingerprint density at radius 3 is 2.50 bits per heavy atom. The molecule has 2 rings (SSSR count). The summed E-state index contributed by atoms with van der Waals surface area (Å²) in [4.78, 5) is 28.2. The predicted molar refractivity (Wildman–Crippen MR) is 101 cm³/mol. The van der Waals surface area contributed by atoms with Crippen molar-refractivity contribution < 1.29 is 9.59 Å². The van der Waals surface area contributed by atoms with E-state index in [4.69, 9.17) is 11.6 Å². The standard InChI is InChI=1S/C18H21ClN2O2S/c1-4-21(5-2)17(23)12-20(3)16(22)11-10-15-18(19)13-8-6-7-9-14(13)24-15/h6-11H,4-5,12H2,1-3H3. The highest BCUT2D eigenvalue weighted by Gasteiger charge is 2.15. The third-order valence-electron chi connectivity index (χ3n) is 3.80. The minimum Gasteiger partial charge on any atom is -0.342 e. The smallest absolute Gasteiger partial charge is 0.246 e. The summed E-state index contributed by atoms with van der Waals surface area (Å²) in [5, 5.41) is 1.64. The number of fused-ring (bicyclic) bond motifs is 1. The first-order valence-electron chi connectivity index (χ1n) is 7.85. The summed E-state index contributed by atoms with van der Waals surface area (Å²) < 4.78 is 1.08. The largest absolute Gasteiger partial charge is 0.342 e. The maximum atomic E-state index is 12.2. The van der Waals surface area contributed by atoms with Crippen molar-refractivity contribution in [2.45, 2.75) is 13.8 Å². The van der Waals surface area contributed by atoms with E-state index in [0.29, 0.717) is 18.1 Å². The molecule has 0 atom stereocenters. The van der Waals surface area contributed by atoms with Crippen LogP contribution in [0.3, 0.4) is 0 Å². The molecule has 0 aliphatic heterocycles. The van der Waals surface area contributed by atoms with Crippen molar-refractivity contribution in [1.82, 2.24) is 9.80 Å². The summed E-state index contributed by atoms with van der Waals surface area (Å²) in [6, 6.07) is 7.86. The molecule has 1 aromatic carbocycles. The Balaban J connectivity index is 2.06. The van der Waals surface area contributed by atoms with E-state index in [9.17, 15) is 9.59 Å². The molecule has 2 amide bonds. The Hall–Kier alpha value is -1.85. The third kappa shape index (κ3) is 4.16. The number of carbonyl (C=O) groups is 2. The van der Waals surface area contributed by atoms with Gasteiger partial charge in [-0.05, 0) is 26.0 Å². The van der Waals surface area contributed by atoms with Crippen LogP contribution in [-0.2, 0) is 9.59 Å². The van der Waals surface area contributed by atoms with Gasteiger partial charge in [0.15, 0.2) is 0 Å². The number of nitrogens with zero attached hydrogens (tertiary/aromatic N) is 2. The topological polar surface area (TPSA) is 40.6 Å². The minimum absolute atomic E-state index is 0.0517. The fourth-order valence-corrected chi connectivity index (χ4v) is 3.77. The number of benzene rings is 1. The number of thiophene rings is 1. The first-order chi connectivity index (χ1) is 11.5. The summed E-state index contributed by atoms with van der Waals surface area (Å²) in [5.74, 6) is -0.270. The fraction of sp³-hybridized carbons (Fsp3) is 0.333. The molecule has 0 aliphatic rings. The van der Waals surface area contributed by atoms with Crippen molar-refractivity contribution in [1.29, 1.82) is 0 Å². The molecule has 1 aromatic heterocycles. The van der Waals surface area contributed by atoms with Gasteiger partial charge in [-0.15, -0.1) is 11.3 Å². The van der Waals surface area contributed by atoms with E-state index in [2.05, 4.69) is 0 Å². The van der Waals surface area contributed by atoms with Gasteiger partial charge in [0.25, 0.3) is 0 Å². The number of hydrogen-bond donors (Lipinski definition) is 0. The zero-order valence-electron chi connectivity index (χ0n) is 14.1. The molecular formula is C18H21ClN2O2S. The second-order valence-corrected chi connectivity index (χ2v) is 6.83. The van der Waals surface area contributed by atoms with Gasteiger partial charge in [-0.3, -0.25) is 9.59 Å². The van der Waals surface area contributed by atoms with Gasteiger partial charge in [0.1, 0.15) is 0 Å². The molecule has 0 spiro atoms. The van der Waals surface area contributed by atoms with Gasteiger partial charge in [-0.1, -0.05) is 29.8 Å². The predicted octanol–water partition coefficient (Wildman–Crippen LogP) is 3.89. The van der Waals surface area contributed by atoms with Crippen molar-refractivity contribution in [2.24, 2.45) is 0 Å². The second-order valence-electron chi connectivity index (χ2n) is 5.37. The Morgan fingerprint density at radius 1 is 1.21 bits per heavy atom. The Labute approximate surface area is 151 Å². The summed E-state index contributed by atoms with van der Waals surface area (Å²) in [5.41, 5.74) is 0. The summed E-state index contributed by atoms with van der Waals surface area (Å²) in [6.45, 7) is 5.21. The number of carbonyl (C=O) groups excluding carboxylic acids is 2. The number of rotatable bonds is 6. The average molecular weight is 365 g/mol. The van der Waals surface area contributed by atoms with Crippen molar-refractivity contribution in [3.05, 3.63) is 40.2 Å². The Bertz CT molecular complexity index is 765. The highest BCUT2D eigenvalue weighted by molar-refractivity contribution is 7.20. The van der Waals surface area contributed by atoms with E-state index in [1.165, 1.54) is 22.3 Å².